The molecule has 0 nitrogen and oxygen atoms in total. The summed E-state index contributed by atoms with van der Waals surface area (Å²) in [7, 11) is 0. The molecule has 0 spiro atoms. The lowest BCUT2D eigenvalue weighted by molar-refractivity contribution is 0.712. The van der Waals surface area contributed by atoms with Crippen molar-refractivity contribution in [1.82, 2.24) is 0 Å². The first-order valence-electron chi connectivity index (χ1n) is 3.71. The maximum absolute atomic E-state index is 5.45. The van der Waals surface area contributed by atoms with Crippen LogP contribution in [0.5, 0.6) is 0 Å². The van der Waals surface area contributed by atoms with E-state index in [9.17, 15) is 0 Å². The molecular weight excluding hydrogens is 232 g/mol. The third kappa shape index (κ3) is 1.57. The van der Waals surface area contributed by atoms with E-state index in [0.29, 0.717) is 0 Å². The van der Waals surface area contributed by atoms with Crippen molar-refractivity contribution in [2.45, 2.75) is 26.2 Å². The number of rotatable bonds is 1. The normalized spacial score (nSPS) is 11.2. The van der Waals surface area contributed by atoms with Crippen molar-refractivity contribution in [2.75, 3.05) is 0 Å². The minimum Gasteiger partial charge on any atom is -0.146 e. The highest BCUT2D eigenvalue weighted by Gasteiger charge is 2.22. The van der Waals surface area contributed by atoms with Gasteiger partial charge in [0.15, 0.2) is 0 Å². The second kappa shape index (κ2) is 3.24. The predicted molar refractivity (Wildman–Crippen MR) is 58.6 cm³/mol. The van der Waals surface area contributed by atoms with Gasteiger partial charge in [-0.15, -0.1) is 17.8 Å². The van der Waals surface area contributed by atoms with Crippen LogP contribution in [-0.4, -0.2) is 0 Å². The Balaban J connectivity index is 3.22. The molecule has 0 aliphatic rings. The van der Waals surface area contributed by atoms with Crippen LogP contribution in [0.1, 0.15) is 24.3 Å². The molecule has 0 N–H and O–H groups in total. The lowest BCUT2D eigenvalue weighted by Crippen LogP contribution is -2.12. The molecule has 1 aromatic heterocycles. The standard InChI is InChI=1S/C10H11BrS/c1-5-10(3,4)9-8(11)7(2)6-12-9/h1,6H,2-4H3. The van der Waals surface area contributed by atoms with Crippen molar-refractivity contribution in [3.05, 3.63) is 20.3 Å². The van der Waals surface area contributed by atoms with Crippen molar-refractivity contribution in [3.63, 3.8) is 0 Å². The largest absolute Gasteiger partial charge is 0.146 e. The van der Waals surface area contributed by atoms with Gasteiger partial charge in [0.2, 0.25) is 0 Å². The molecule has 2 heteroatoms. The lowest BCUT2D eigenvalue weighted by atomic mass is 9.92. The van der Waals surface area contributed by atoms with E-state index in [1.165, 1.54) is 10.4 Å². The van der Waals surface area contributed by atoms with E-state index in [0.717, 1.165) is 4.47 Å². The molecule has 64 valence electrons. The molecule has 1 rings (SSSR count). The molecule has 0 amide bonds. The quantitative estimate of drug-likeness (QED) is 0.659. The second-order valence-corrected chi connectivity index (χ2v) is 5.00. The summed E-state index contributed by atoms with van der Waals surface area (Å²) >= 11 is 5.26. The predicted octanol–water partition coefficient (Wildman–Crippen LogP) is 3.73. The fourth-order valence-electron chi connectivity index (χ4n) is 0.917. The monoisotopic (exact) mass is 242 g/mol. The fraction of sp³-hybridized carbons (Fsp3) is 0.400. The number of terminal acetylenes is 1. The number of aryl methyl sites for hydroxylation is 1. The zero-order valence-electron chi connectivity index (χ0n) is 7.44. The fourth-order valence-corrected chi connectivity index (χ4v) is 2.99. The van der Waals surface area contributed by atoms with Crippen molar-refractivity contribution in [1.29, 1.82) is 0 Å². The van der Waals surface area contributed by atoms with E-state index in [1.54, 1.807) is 11.3 Å². The van der Waals surface area contributed by atoms with Gasteiger partial charge in [-0.2, -0.15) is 0 Å². The number of halogens is 1. The third-order valence-corrected chi connectivity index (χ3v) is 4.53. The first-order chi connectivity index (χ1) is 5.49. The zero-order valence-corrected chi connectivity index (χ0v) is 9.84. The van der Waals surface area contributed by atoms with E-state index >= 15 is 0 Å². The SMILES string of the molecule is C#CC(C)(C)c1scc(C)c1Br. The first kappa shape index (κ1) is 9.83. The van der Waals surface area contributed by atoms with Gasteiger partial charge in [-0.1, -0.05) is 5.92 Å². The number of hydrogen-bond acceptors (Lipinski definition) is 1. The van der Waals surface area contributed by atoms with Gasteiger partial charge in [0, 0.05) is 9.35 Å². The smallest absolute Gasteiger partial charge is 0.0608 e. The van der Waals surface area contributed by atoms with Crippen LogP contribution in [0.3, 0.4) is 0 Å². The summed E-state index contributed by atoms with van der Waals surface area (Å²) in [6.45, 7) is 6.20. The summed E-state index contributed by atoms with van der Waals surface area (Å²) in [5.41, 5.74) is 1.11. The van der Waals surface area contributed by atoms with Crippen LogP contribution in [0.4, 0.5) is 0 Å². The molecule has 0 unspecified atom stereocenters. The molecule has 0 saturated carbocycles. The van der Waals surface area contributed by atoms with Gasteiger partial charge in [-0.25, -0.2) is 0 Å². The summed E-state index contributed by atoms with van der Waals surface area (Å²) in [5.74, 6) is 2.79. The Labute approximate surface area is 86.1 Å². The van der Waals surface area contributed by atoms with E-state index in [4.69, 9.17) is 6.42 Å². The Morgan fingerprint density at radius 2 is 2.17 bits per heavy atom. The molecule has 1 heterocycles. The molecule has 0 saturated heterocycles. The minimum absolute atomic E-state index is 0.155. The van der Waals surface area contributed by atoms with E-state index in [2.05, 4.69) is 48.0 Å². The first-order valence-corrected chi connectivity index (χ1v) is 5.38. The molecule has 0 aliphatic carbocycles. The van der Waals surface area contributed by atoms with Gasteiger partial charge in [0.1, 0.15) is 0 Å². The van der Waals surface area contributed by atoms with Crippen LogP contribution in [0.25, 0.3) is 0 Å². The number of hydrogen-bond donors (Lipinski definition) is 0. The summed E-state index contributed by atoms with van der Waals surface area (Å²) < 4.78 is 1.16. The summed E-state index contributed by atoms with van der Waals surface area (Å²) in [6, 6.07) is 0. The average molecular weight is 243 g/mol. The average Bonchev–Trinajstić information content (AvgIpc) is 2.33. The number of thiophene rings is 1. The van der Waals surface area contributed by atoms with Gasteiger partial charge >= 0.3 is 0 Å². The zero-order chi connectivity index (χ0) is 9.35. The van der Waals surface area contributed by atoms with Crippen LogP contribution in [-0.2, 0) is 5.41 Å². The Morgan fingerprint density at radius 1 is 1.58 bits per heavy atom. The molecular formula is C10H11BrS. The van der Waals surface area contributed by atoms with Gasteiger partial charge < -0.3 is 0 Å². The Kier molecular flexibility index (Phi) is 2.65. The molecule has 0 radical (unpaired) electrons. The maximum atomic E-state index is 5.45. The van der Waals surface area contributed by atoms with Crippen molar-refractivity contribution in [3.8, 4) is 12.3 Å². The van der Waals surface area contributed by atoms with Gasteiger partial charge in [-0.3, -0.25) is 0 Å². The Morgan fingerprint density at radius 3 is 2.50 bits per heavy atom. The van der Waals surface area contributed by atoms with Gasteiger partial charge in [0.25, 0.3) is 0 Å². The van der Waals surface area contributed by atoms with Crippen molar-refractivity contribution in [2.24, 2.45) is 0 Å². The summed E-state index contributed by atoms with van der Waals surface area (Å²) in [4.78, 5) is 1.24. The minimum atomic E-state index is -0.155. The third-order valence-electron chi connectivity index (χ3n) is 1.83. The highest BCUT2D eigenvalue weighted by molar-refractivity contribution is 9.10. The molecule has 12 heavy (non-hydrogen) atoms. The van der Waals surface area contributed by atoms with E-state index < -0.39 is 0 Å². The molecule has 0 atom stereocenters. The molecule has 0 bridgehead atoms. The van der Waals surface area contributed by atoms with Gasteiger partial charge in [-0.05, 0) is 47.6 Å². The maximum Gasteiger partial charge on any atom is 0.0608 e. The van der Waals surface area contributed by atoms with Gasteiger partial charge in [0.05, 0.1) is 5.41 Å². The van der Waals surface area contributed by atoms with Crippen LogP contribution in [0.15, 0.2) is 9.85 Å². The lowest BCUT2D eigenvalue weighted by Gasteiger charge is -2.15. The summed E-state index contributed by atoms with van der Waals surface area (Å²) in [6.07, 6.45) is 5.45. The van der Waals surface area contributed by atoms with Crippen molar-refractivity contribution < 1.29 is 0 Å². The topological polar surface area (TPSA) is 0 Å². The Hall–Kier alpha value is -0.260. The van der Waals surface area contributed by atoms with Crippen LogP contribution >= 0.6 is 27.3 Å². The molecule has 1 aromatic rings. The van der Waals surface area contributed by atoms with Crippen LogP contribution in [0, 0.1) is 19.3 Å². The molecule has 0 aromatic carbocycles. The second-order valence-electron chi connectivity index (χ2n) is 3.33. The van der Waals surface area contributed by atoms with E-state index in [-0.39, 0.29) is 5.41 Å². The highest BCUT2D eigenvalue weighted by Crippen LogP contribution is 2.36. The highest BCUT2D eigenvalue weighted by atomic mass is 79.9. The van der Waals surface area contributed by atoms with E-state index in [1.807, 2.05) is 0 Å². The molecule has 0 fully saturated rings. The van der Waals surface area contributed by atoms with Crippen molar-refractivity contribution >= 4 is 27.3 Å². The Bertz CT molecular complexity index is 328. The summed E-state index contributed by atoms with van der Waals surface area (Å²) in [5, 5.41) is 2.12. The molecule has 0 aliphatic heterocycles. The van der Waals surface area contributed by atoms with Crippen LogP contribution in [0.2, 0.25) is 0 Å². The van der Waals surface area contributed by atoms with Crippen LogP contribution < -0.4 is 0 Å².